The third-order valence-electron chi connectivity index (χ3n) is 5.06. The predicted molar refractivity (Wildman–Crippen MR) is 114 cm³/mol. The fourth-order valence-electron chi connectivity index (χ4n) is 3.55. The molecule has 0 N–H and O–H groups in total. The summed E-state index contributed by atoms with van der Waals surface area (Å²) >= 11 is 0. The van der Waals surface area contributed by atoms with Crippen LogP contribution in [-0.2, 0) is 14.8 Å². The van der Waals surface area contributed by atoms with Crippen LogP contribution in [0.25, 0.3) is 0 Å². The number of ether oxygens (including phenoxy) is 1. The highest BCUT2D eigenvalue weighted by Crippen LogP contribution is 2.26. The molecular weight excluding hydrogens is 388 g/mol. The zero-order valence-corrected chi connectivity index (χ0v) is 17.8. The summed E-state index contributed by atoms with van der Waals surface area (Å²) in [4.78, 5) is 14.8. The number of hydrogen-bond donors (Lipinski definition) is 0. The van der Waals surface area contributed by atoms with Gasteiger partial charge in [0.05, 0.1) is 17.2 Å². The van der Waals surface area contributed by atoms with Gasteiger partial charge in [0.1, 0.15) is 12.3 Å². The Labute approximate surface area is 173 Å². The van der Waals surface area contributed by atoms with Gasteiger partial charge in [0.2, 0.25) is 5.91 Å². The van der Waals surface area contributed by atoms with Crippen LogP contribution in [0.5, 0.6) is 5.75 Å². The van der Waals surface area contributed by atoms with Crippen molar-refractivity contribution in [3.05, 3.63) is 54.6 Å². The summed E-state index contributed by atoms with van der Waals surface area (Å²) in [5.74, 6) is 0.867. The number of nitrogens with zero attached hydrogens (tertiary/aromatic N) is 2. The van der Waals surface area contributed by atoms with E-state index >= 15 is 0 Å². The highest BCUT2D eigenvalue weighted by molar-refractivity contribution is 7.92. The predicted octanol–water partition coefficient (Wildman–Crippen LogP) is 3.54. The number of hydrogen-bond acceptors (Lipinski definition) is 4. The minimum absolute atomic E-state index is 0.129. The largest absolute Gasteiger partial charge is 0.494 e. The van der Waals surface area contributed by atoms with Crippen molar-refractivity contribution in [2.75, 3.05) is 30.5 Å². The number of piperidine rings is 1. The van der Waals surface area contributed by atoms with Crippen molar-refractivity contribution in [3.8, 4) is 5.75 Å². The SMILES string of the molecule is CCOc1ccc(S(=O)(=O)N(CC(=O)N2CCC[C@@H](C)C2)c2ccccc2)cc1. The Balaban J connectivity index is 1.89. The molecule has 0 aromatic heterocycles. The molecule has 3 rings (SSSR count). The molecule has 1 aliphatic heterocycles. The number of likely N-dealkylation sites (tertiary alicyclic amines) is 1. The van der Waals surface area contributed by atoms with E-state index in [1.165, 1.54) is 16.4 Å². The maximum absolute atomic E-state index is 13.4. The van der Waals surface area contributed by atoms with Gasteiger partial charge in [-0.1, -0.05) is 25.1 Å². The maximum atomic E-state index is 13.4. The molecule has 1 atom stereocenters. The van der Waals surface area contributed by atoms with Crippen molar-refractivity contribution in [1.29, 1.82) is 0 Å². The van der Waals surface area contributed by atoms with Crippen molar-refractivity contribution in [3.63, 3.8) is 0 Å². The van der Waals surface area contributed by atoms with Gasteiger partial charge in [-0.3, -0.25) is 9.10 Å². The van der Waals surface area contributed by atoms with E-state index in [2.05, 4.69) is 6.92 Å². The molecule has 7 heteroatoms. The van der Waals surface area contributed by atoms with E-state index < -0.39 is 10.0 Å². The Bertz CT molecular complexity index is 914. The molecule has 0 unspecified atom stereocenters. The Morgan fingerprint density at radius 1 is 1.14 bits per heavy atom. The first kappa shape index (κ1) is 21.2. The van der Waals surface area contributed by atoms with Crippen molar-refractivity contribution >= 4 is 21.6 Å². The Morgan fingerprint density at radius 2 is 1.83 bits per heavy atom. The van der Waals surface area contributed by atoms with Gasteiger partial charge in [-0.25, -0.2) is 8.42 Å². The first-order valence-corrected chi connectivity index (χ1v) is 11.4. The topological polar surface area (TPSA) is 66.9 Å². The third kappa shape index (κ3) is 5.09. The van der Waals surface area contributed by atoms with Gasteiger partial charge in [0.25, 0.3) is 10.0 Å². The van der Waals surface area contributed by atoms with E-state index in [1.54, 1.807) is 41.3 Å². The number of para-hydroxylation sites is 1. The molecule has 1 heterocycles. The van der Waals surface area contributed by atoms with Crippen molar-refractivity contribution in [2.45, 2.75) is 31.6 Å². The zero-order chi connectivity index (χ0) is 20.9. The van der Waals surface area contributed by atoms with E-state index in [-0.39, 0.29) is 17.3 Å². The van der Waals surface area contributed by atoms with Gasteiger partial charge in [-0.15, -0.1) is 0 Å². The molecule has 2 aromatic rings. The van der Waals surface area contributed by atoms with E-state index in [4.69, 9.17) is 4.74 Å². The molecule has 1 fully saturated rings. The number of amides is 1. The second-order valence-corrected chi connectivity index (χ2v) is 9.20. The molecule has 2 aromatic carbocycles. The number of carbonyl (C=O) groups is 1. The Hall–Kier alpha value is -2.54. The molecule has 0 radical (unpaired) electrons. The quantitative estimate of drug-likeness (QED) is 0.692. The monoisotopic (exact) mass is 416 g/mol. The van der Waals surface area contributed by atoms with Crippen LogP contribution < -0.4 is 9.04 Å². The zero-order valence-electron chi connectivity index (χ0n) is 17.0. The lowest BCUT2D eigenvalue weighted by Crippen LogP contribution is -2.46. The smallest absolute Gasteiger partial charge is 0.264 e. The Kier molecular flexibility index (Phi) is 6.79. The summed E-state index contributed by atoms with van der Waals surface area (Å²) in [6.45, 7) is 5.62. The molecule has 0 saturated carbocycles. The van der Waals surface area contributed by atoms with Gasteiger partial charge in [-0.05, 0) is 62.1 Å². The average Bonchev–Trinajstić information content (AvgIpc) is 2.73. The molecule has 0 aliphatic carbocycles. The molecule has 1 saturated heterocycles. The van der Waals surface area contributed by atoms with Crippen LogP contribution in [0.3, 0.4) is 0 Å². The number of benzene rings is 2. The van der Waals surface area contributed by atoms with Crippen LogP contribution in [0.15, 0.2) is 59.5 Å². The highest BCUT2D eigenvalue weighted by Gasteiger charge is 2.30. The standard InChI is InChI=1S/C22H28N2O4S/c1-3-28-20-11-13-21(14-12-20)29(26,27)24(19-9-5-4-6-10-19)17-22(25)23-15-7-8-18(2)16-23/h4-6,9-14,18H,3,7-8,15-17H2,1-2H3/t18-/m1/s1. The molecular formula is C22H28N2O4S. The number of rotatable bonds is 7. The second kappa shape index (κ2) is 9.31. The highest BCUT2D eigenvalue weighted by atomic mass is 32.2. The lowest BCUT2D eigenvalue weighted by Gasteiger charge is -2.33. The van der Waals surface area contributed by atoms with Gasteiger partial charge >= 0.3 is 0 Å². The van der Waals surface area contributed by atoms with Crippen LogP contribution >= 0.6 is 0 Å². The maximum Gasteiger partial charge on any atom is 0.264 e. The van der Waals surface area contributed by atoms with Crippen LogP contribution in [-0.4, -0.2) is 45.5 Å². The van der Waals surface area contributed by atoms with E-state index in [9.17, 15) is 13.2 Å². The average molecular weight is 417 g/mol. The van der Waals surface area contributed by atoms with Gasteiger partial charge in [0.15, 0.2) is 0 Å². The molecule has 6 nitrogen and oxygen atoms in total. The first-order valence-electron chi connectivity index (χ1n) is 10.00. The van der Waals surface area contributed by atoms with E-state index in [1.807, 2.05) is 13.0 Å². The molecule has 1 amide bonds. The van der Waals surface area contributed by atoms with Crippen LogP contribution in [0.4, 0.5) is 5.69 Å². The van der Waals surface area contributed by atoms with Crippen molar-refractivity contribution in [1.82, 2.24) is 4.90 Å². The minimum atomic E-state index is -3.90. The lowest BCUT2D eigenvalue weighted by molar-refractivity contribution is -0.131. The van der Waals surface area contributed by atoms with Crippen molar-refractivity contribution in [2.24, 2.45) is 5.92 Å². The summed E-state index contributed by atoms with van der Waals surface area (Å²) in [5.41, 5.74) is 0.472. The molecule has 1 aliphatic rings. The van der Waals surface area contributed by atoms with Gasteiger partial charge in [0, 0.05) is 13.1 Å². The fraction of sp³-hybridized carbons (Fsp3) is 0.409. The molecule has 0 bridgehead atoms. The molecule has 0 spiro atoms. The van der Waals surface area contributed by atoms with Crippen LogP contribution in [0, 0.1) is 5.92 Å². The van der Waals surface area contributed by atoms with Crippen molar-refractivity contribution < 1.29 is 17.9 Å². The van der Waals surface area contributed by atoms with E-state index in [0.29, 0.717) is 37.1 Å². The molecule has 156 valence electrons. The number of carbonyl (C=O) groups excluding carboxylic acids is 1. The first-order chi connectivity index (χ1) is 13.9. The second-order valence-electron chi connectivity index (χ2n) is 7.34. The summed E-state index contributed by atoms with van der Waals surface area (Å²) in [7, 11) is -3.90. The summed E-state index contributed by atoms with van der Waals surface area (Å²) in [6, 6.07) is 15.1. The Morgan fingerprint density at radius 3 is 2.45 bits per heavy atom. The van der Waals surface area contributed by atoms with Crippen LogP contribution in [0.1, 0.15) is 26.7 Å². The van der Waals surface area contributed by atoms with Gasteiger partial charge < -0.3 is 9.64 Å². The van der Waals surface area contributed by atoms with Gasteiger partial charge in [-0.2, -0.15) is 0 Å². The number of sulfonamides is 1. The normalized spacial score (nSPS) is 17.0. The minimum Gasteiger partial charge on any atom is -0.494 e. The summed E-state index contributed by atoms with van der Waals surface area (Å²) < 4.78 is 33.4. The molecule has 29 heavy (non-hydrogen) atoms. The summed E-state index contributed by atoms with van der Waals surface area (Å²) in [6.07, 6.45) is 2.04. The van der Waals surface area contributed by atoms with Crippen LogP contribution in [0.2, 0.25) is 0 Å². The fourth-order valence-corrected chi connectivity index (χ4v) is 4.96. The summed E-state index contributed by atoms with van der Waals surface area (Å²) in [5, 5.41) is 0. The number of anilines is 1. The third-order valence-corrected chi connectivity index (χ3v) is 6.84. The van der Waals surface area contributed by atoms with E-state index in [0.717, 1.165) is 12.8 Å². The lowest BCUT2D eigenvalue weighted by atomic mass is 10.0.